The highest BCUT2D eigenvalue weighted by atomic mass is 16.5. The van der Waals surface area contributed by atoms with Crippen LogP contribution < -0.4 is 10.1 Å². The standard InChI is InChI=1S/C23H31N5O5/c1-33-22-9-2-14(13-24-22)10-21(30)25-20-12-19(26-27-20)15-3-4-17(11-15)28(23(31)32)16-5-7-18(29)8-6-16/h2,9,12-13,15-18,29H,3-8,10-11H2,1H3,(H,31,32)(H2,25,26,27,30)/t15-,16-,17+,18-/m1/s1. The number of hydrogen-bond donors (Lipinski definition) is 4. The number of amides is 2. The van der Waals surface area contributed by atoms with Crippen LogP contribution in [0.5, 0.6) is 5.88 Å². The van der Waals surface area contributed by atoms with E-state index in [4.69, 9.17) is 4.74 Å². The number of nitrogens with zero attached hydrogens (tertiary/aromatic N) is 3. The van der Waals surface area contributed by atoms with Crippen LogP contribution in [-0.4, -0.2) is 67.6 Å². The van der Waals surface area contributed by atoms with Gasteiger partial charge in [0.05, 0.1) is 19.6 Å². The lowest BCUT2D eigenvalue weighted by Crippen LogP contribution is -2.47. The van der Waals surface area contributed by atoms with Crippen LogP contribution in [0.2, 0.25) is 0 Å². The Morgan fingerprint density at radius 1 is 1.18 bits per heavy atom. The number of aliphatic hydroxyl groups is 1. The van der Waals surface area contributed by atoms with Crippen molar-refractivity contribution >= 4 is 17.8 Å². The average molecular weight is 458 g/mol. The first-order chi connectivity index (χ1) is 15.9. The predicted octanol–water partition coefficient (Wildman–Crippen LogP) is 2.91. The van der Waals surface area contributed by atoms with Crippen molar-refractivity contribution < 1.29 is 24.5 Å². The zero-order valence-corrected chi connectivity index (χ0v) is 18.7. The molecule has 0 radical (unpaired) electrons. The largest absolute Gasteiger partial charge is 0.481 e. The van der Waals surface area contributed by atoms with Gasteiger partial charge < -0.3 is 25.2 Å². The van der Waals surface area contributed by atoms with E-state index >= 15 is 0 Å². The first-order valence-electron chi connectivity index (χ1n) is 11.5. The van der Waals surface area contributed by atoms with Crippen molar-refractivity contribution in [3.63, 3.8) is 0 Å². The highest BCUT2D eigenvalue weighted by Crippen LogP contribution is 2.39. The minimum absolute atomic E-state index is 0.0290. The third-order valence-electron chi connectivity index (χ3n) is 6.76. The number of aromatic amines is 1. The van der Waals surface area contributed by atoms with Crippen LogP contribution in [0.1, 0.15) is 62.1 Å². The molecule has 2 aromatic heterocycles. The van der Waals surface area contributed by atoms with Crippen LogP contribution in [0.15, 0.2) is 24.4 Å². The van der Waals surface area contributed by atoms with Gasteiger partial charge in [-0.05, 0) is 50.5 Å². The van der Waals surface area contributed by atoms with Crippen LogP contribution in [0.25, 0.3) is 0 Å². The third kappa shape index (κ3) is 5.62. The maximum absolute atomic E-state index is 12.4. The second kappa shape index (κ2) is 10.2. The van der Waals surface area contributed by atoms with E-state index < -0.39 is 6.09 Å². The molecule has 33 heavy (non-hydrogen) atoms. The molecule has 10 nitrogen and oxygen atoms in total. The topological polar surface area (TPSA) is 141 Å². The van der Waals surface area contributed by atoms with E-state index in [-0.39, 0.29) is 36.4 Å². The molecule has 2 fully saturated rings. The molecule has 0 bridgehead atoms. The van der Waals surface area contributed by atoms with Gasteiger partial charge in [-0.3, -0.25) is 9.89 Å². The highest BCUT2D eigenvalue weighted by Gasteiger charge is 2.38. The van der Waals surface area contributed by atoms with E-state index in [2.05, 4.69) is 20.5 Å². The van der Waals surface area contributed by atoms with E-state index in [1.54, 1.807) is 23.2 Å². The number of methoxy groups -OCH3 is 1. The Bertz CT molecular complexity index is 954. The van der Waals surface area contributed by atoms with Gasteiger partial charge in [-0.2, -0.15) is 5.10 Å². The minimum Gasteiger partial charge on any atom is -0.481 e. The molecule has 2 aromatic rings. The van der Waals surface area contributed by atoms with Crippen LogP contribution in [0, 0.1) is 0 Å². The first kappa shape index (κ1) is 23.0. The maximum atomic E-state index is 12.4. The molecule has 2 aliphatic carbocycles. The molecule has 4 N–H and O–H groups in total. The quantitative estimate of drug-likeness (QED) is 0.501. The number of carboxylic acid groups (broad SMARTS) is 1. The Hall–Kier alpha value is -3.14. The van der Waals surface area contributed by atoms with Gasteiger partial charge in [0, 0.05) is 42.0 Å². The fourth-order valence-electron chi connectivity index (χ4n) is 5.06. The van der Waals surface area contributed by atoms with Gasteiger partial charge >= 0.3 is 6.09 Å². The second-order valence-electron chi connectivity index (χ2n) is 8.96. The molecule has 2 amide bonds. The number of anilines is 1. The second-order valence-corrected chi connectivity index (χ2v) is 8.96. The van der Waals surface area contributed by atoms with E-state index in [1.165, 1.54) is 7.11 Å². The summed E-state index contributed by atoms with van der Waals surface area (Å²) in [6.45, 7) is 0. The number of ether oxygens (including phenoxy) is 1. The van der Waals surface area contributed by atoms with Crippen LogP contribution in [-0.2, 0) is 11.2 Å². The van der Waals surface area contributed by atoms with Crippen LogP contribution in [0.3, 0.4) is 0 Å². The zero-order chi connectivity index (χ0) is 23.4. The molecule has 10 heteroatoms. The van der Waals surface area contributed by atoms with E-state index in [9.17, 15) is 19.8 Å². The molecule has 2 heterocycles. The van der Waals surface area contributed by atoms with Crippen LogP contribution in [0.4, 0.5) is 10.6 Å². The van der Waals surface area contributed by atoms with Crippen molar-refractivity contribution in [2.24, 2.45) is 0 Å². The van der Waals surface area contributed by atoms with E-state index in [0.717, 1.165) is 30.5 Å². The van der Waals surface area contributed by atoms with E-state index in [1.807, 2.05) is 6.07 Å². The number of hydrogen-bond acceptors (Lipinski definition) is 6. The molecular weight excluding hydrogens is 426 g/mol. The molecule has 2 aliphatic rings. The van der Waals surface area contributed by atoms with Gasteiger partial charge in [-0.25, -0.2) is 9.78 Å². The molecule has 0 unspecified atom stereocenters. The summed E-state index contributed by atoms with van der Waals surface area (Å²) in [5.74, 6) is 0.917. The lowest BCUT2D eigenvalue weighted by Gasteiger charge is -2.37. The van der Waals surface area contributed by atoms with E-state index in [0.29, 0.717) is 37.4 Å². The lowest BCUT2D eigenvalue weighted by molar-refractivity contribution is -0.115. The van der Waals surface area contributed by atoms with Crippen molar-refractivity contribution in [3.8, 4) is 5.88 Å². The summed E-state index contributed by atoms with van der Waals surface area (Å²) in [6.07, 6.45) is 5.68. The molecule has 0 spiro atoms. The molecule has 4 rings (SSSR count). The fraction of sp³-hybridized carbons (Fsp3) is 0.565. The summed E-state index contributed by atoms with van der Waals surface area (Å²) < 4.78 is 5.02. The van der Waals surface area contributed by atoms with Gasteiger partial charge in [0.2, 0.25) is 11.8 Å². The fourth-order valence-corrected chi connectivity index (χ4v) is 5.06. The zero-order valence-electron chi connectivity index (χ0n) is 18.7. The number of carbonyl (C=O) groups excluding carboxylic acids is 1. The van der Waals surface area contributed by atoms with Gasteiger partial charge in [0.15, 0.2) is 5.82 Å². The summed E-state index contributed by atoms with van der Waals surface area (Å²) in [5.41, 5.74) is 1.68. The SMILES string of the molecule is COc1ccc(CC(=O)Nc2cc([C@@H]3CC[C@H](N(C(=O)O)[C@H]4CC[C@H](O)CC4)C3)[nH]n2)cn1. The molecule has 0 aliphatic heterocycles. The van der Waals surface area contributed by atoms with Gasteiger partial charge in [-0.1, -0.05) is 6.07 Å². The summed E-state index contributed by atoms with van der Waals surface area (Å²) in [4.78, 5) is 30.1. The Labute approximate surface area is 192 Å². The highest BCUT2D eigenvalue weighted by molar-refractivity contribution is 5.91. The first-order valence-corrected chi connectivity index (χ1v) is 11.5. The smallest absolute Gasteiger partial charge is 0.407 e. The van der Waals surface area contributed by atoms with Crippen molar-refractivity contribution in [2.45, 2.75) is 75.5 Å². The van der Waals surface area contributed by atoms with Crippen molar-refractivity contribution in [2.75, 3.05) is 12.4 Å². The van der Waals surface area contributed by atoms with Crippen LogP contribution >= 0.6 is 0 Å². The lowest BCUT2D eigenvalue weighted by atomic mass is 9.91. The number of rotatable bonds is 7. The normalized spacial score (nSPS) is 24.9. The predicted molar refractivity (Wildman–Crippen MR) is 120 cm³/mol. The molecule has 0 aromatic carbocycles. The number of nitrogens with one attached hydrogen (secondary N) is 2. The van der Waals surface area contributed by atoms with Gasteiger partial charge in [-0.15, -0.1) is 0 Å². The number of H-pyrrole nitrogens is 1. The van der Waals surface area contributed by atoms with Crippen molar-refractivity contribution in [1.29, 1.82) is 0 Å². The molecule has 178 valence electrons. The van der Waals surface area contributed by atoms with Gasteiger partial charge in [0.25, 0.3) is 0 Å². The Balaban J connectivity index is 1.32. The minimum atomic E-state index is -0.882. The number of aliphatic hydroxyl groups excluding tert-OH is 1. The number of aromatic nitrogens is 3. The van der Waals surface area contributed by atoms with Crippen molar-refractivity contribution in [3.05, 3.63) is 35.7 Å². The Morgan fingerprint density at radius 2 is 1.94 bits per heavy atom. The number of carbonyl (C=O) groups is 2. The molecule has 2 atom stereocenters. The van der Waals surface area contributed by atoms with Crippen molar-refractivity contribution in [1.82, 2.24) is 20.1 Å². The summed E-state index contributed by atoms with van der Waals surface area (Å²) in [6, 6.07) is 5.26. The summed E-state index contributed by atoms with van der Waals surface area (Å²) >= 11 is 0. The Kier molecular flexibility index (Phi) is 7.12. The molecule has 2 saturated carbocycles. The van der Waals surface area contributed by atoms with Gasteiger partial charge in [0.1, 0.15) is 0 Å². The Morgan fingerprint density at radius 3 is 2.61 bits per heavy atom. The summed E-state index contributed by atoms with van der Waals surface area (Å²) in [5, 5.41) is 29.6. The maximum Gasteiger partial charge on any atom is 0.407 e. The molecular formula is C23H31N5O5. The monoisotopic (exact) mass is 457 g/mol. The number of pyridine rings is 1. The third-order valence-corrected chi connectivity index (χ3v) is 6.76. The summed E-state index contributed by atoms with van der Waals surface area (Å²) in [7, 11) is 1.54. The molecule has 0 saturated heterocycles. The average Bonchev–Trinajstić information content (AvgIpc) is 3.45.